The molecule has 104 valence electrons. The Bertz CT molecular complexity index is 613. The van der Waals surface area contributed by atoms with Gasteiger partial charge in [-0.05, 0) is 12.5 Å². The van der Waals surface area contributed by atoms with Gasteiger partial charge in [-0.15, -0.1) is 0 Å². The third kappa shape index (κ3) is 3.19. The summed E-state index contributed by atoms with van der Waals surface area (Å²) in [6.45, 7) is 2.47. The maximum atomic E-state index is 10.9. The van der Waals surface area contributed by atoms with Crippen LogP contribution >= 0.6 is 0 Å². The normalized spacial score (nSPS) is 10.1. The van der Waals surface area contributed by atoms with E-state index in [0.717, 1.165) is 5.56 Å². The van der Waals surface area contributed by atoms with Crippen LogP contribution in [0.2, 0.25) is 0 Å². The monoisotopic (exact) mass is 273 g/mol. The van der Waals surface area contributed by atoms with E-state index in [1.165, 1.54) is 11.8 Å². The number of aromatic nitrogens is 2. The minimum Gasteiger partial charge on any atom is -0.360 e. The van der Waals surface area contributed by atoms with E-state index in [1.807, 2.05) is 31.2 Å². The smallest absolute Gasteiger partial charge is 0.329 e. The molecule has 0 aliphatic heterocycles. The molecule has 2 rings (SSSR count). The molecule has 1 aromatic carbocycles. The van der Waals surface area contributed by atoms with Crippen molar-refractivity contribution in [3.8, 4) is 0 Å². The molecule has 7 heteroatoms. The Morgan fingerprint density at radius 2 is 2.00 bits per heavy atom. The fraction of sp³-hybridized carbons (Fsp3) is 0.231. The van der Waals surface area contributed by atoms with Crippen LogP contribution in [0.3, 0.4) is 0 Å². The highest BCUT2D eigenvalue weighted by atomic mass is 16.6. The number of benzene rings is 1. The first-order valence-corrected chi connectivity index (χ1v) is 6.08. The van der Waals surface area contributed by atoms with Crippen LogP contribution in [-0.4, -0.2) is 21.9 Å². The van der Waals surface area contributed by atoms with Crippen LogP contribution in [0.15, 0.2) is 30.5 Å². The highest BCUT2D eigenvalue weighted by molar-refractivity contribution is 5.57. The molecule has 1 aromatic heterocycles. The van der Waals surface area contributed by atoms with E-state index in [4.69, 9.17) is 0 Å². The lowest BCUT2D eigenvalue weighted by Crippen LogP contribution is -2.07. The summed E-state index contributed by atoms with van der Waals surface area (Å²) < 4.78 is 0. The molecule has 0 saturated carbocycles. The summed E-state index contributed by atoms with van der Waals surface area (Å²) in [7, 11) is 1.66. The van der Waals surface area contributed by atoms with Crippen molar-refractivity contribution in [1.29, 1.82) is 0 Å². The largest absolute Gasteiger partial charge is 0.360 e. The summed E-state index contributed by atoms with van der Waals surface area (Å²) >= 11 is 0. The predicted octanol–water partition coefficient (Wildman–Crippen LogP) is 2.35. The second kappa shape index (κ2) is 5.96. The second-order valence-corrected chi connectivity index (χ2v) is 4.27. The quantitative estimate of drug-likeness (QED) is 0.641. The topological polar surface area (TPSA) is 93.0 Å². The fourth-order valence-electron chi connectivity index (χ4n) is 1.65. The average Bonchev–Trinajstić information content (AvgIpc) is 2.46. The molecule has 0 amide bonds. The lowest BCUT2D eigenvalue weighted by Gasteiger charge is -2.07. The van der Waals surface area contributed by atoms with Crippen LogP contribution in [-0.2, 0) is 6.54 Å². The summed E-state index contributed by atoms with van der Waals surface area (Å²) in [5, 5.41) is 16.7. The summed E-state index contributed by atoms with van der Waals surface area (Å²) in [5.74, 6) is 0.539. The maximum Gasteiger partial charge on any atom is 0.329 e. The fourth-order valence-corrected chi connectivity index (χ4v) is 1.65. The molecule has 0 fully saturated rings. The van der Waals surface area contributed by atoms with Crippen LogP contribution < -0.4 is 10.6 Å². The zero-order valence-corrected chi connectivity index (χ0v) is 11.3. The van der Waals surface area contributed by atoms with Crippen molar-refractivity contribution in [1.82, 2.24) is 9.97 Å². The summed E-state index contributed by atoms with van der Waals surface area (Å²) in [6.07, 6.45) is 1.19. The van der Waals surface area contributed by atoms with Gasteiger partial charge >= 0.3 is 5.69 Å². The van der Waals surface area contributed by atoms with E-state index in [-0.39, 0.29) is 11.5 Å². The number of hydrogen-bond acceptors (Lipinski definition) is 6. The van der Waals surface area contributed by atoms with E-state index in [1.54, 1.807) is 7.05 Å². The van der Waals surface area contributed by atoms with Gasteiger partial charge in [0.1, 0.15) is 6.20 Å². The third-order valence-electron chi connectivity index (χ3n) is 2.77. The van der Waals surface area contributed by atoms with Crippen molar-refractivity contribution in [2.45, 2.75) is 13.5 Å². The number of rotatable bonds is 5. The van der Waals surface area contributed by atoms with Crippen LogP contribution in [0.4, 0.5) is 17.5 Å². The van der Waals surface area contributed by atoms with Crippen molar-refractivity contribution in [3.05, 3.63) is 51.7 Å². The van der Waals surface area contributed by atoms with Gasteiger partial charge in [-0.25, -0.2) is 4.98 Å². The van der Waals surface area contributed by atoms with Crippen molar-refractivity contribution in [2.24, 2.45) is 0 Å². The first-order valence-electron chi connectivity index (χ1n) is 6.08. The molecule has 0 aliphatic rings. The number of nitrogens with zero attached hydrogens (tertiary/aromatic N) is 3. The number of nitro groups is 1. The van der Waals surface area contributed by atoms with Gasteiger partial charge < -0.3 is 10.6 Å². The lowest BCUT2D eigenvalue weighted by molar-refractivity contribution is -0.384. The van der Waals surface area contributed by atoms with Gasteiger partial charge in [0.25, 0.3) is 0 Å². The molecule has 0 bridgehead atoms. The highest BCUT2D eigenvalue weighted by Gasteiger charge is 2.16. The first-order chi connectivity index (χ1) is 9.60. The SMILES string of the molecule is CNc1ncc([N+](=O)[O-])c(NCc2ccc(C)cc2)n1. The van der Waals surface area contributed by atoms with Crippen LogP contribution in [0.1, 0.15) is 11.1 Å². The van der Waals surface area contributed by atoms with Gasteiger partial charge in [0.2, 0.25) is 11.8 Å². The molecule has 0 atom stereocenters. The minimum absolute atomic E-state index is 0.142. The zero-order valence-electron chi connectivity index (χ0n) is 11.3. The van der Waals surface area contributed by atoms with Gasteiger partial charge in [-0.1, -0.05) is 29.8 Å². The van der Waals surface area contributed by atoms with Crippen LogP contribution in [0.25, 0.3) is 0 Å². The van der Waals surface area contributed by atoms with Crippen LogP contribution in [0.5, 0.6) is 0 Å². The van der Waals surface area contributed by atoms with Gasteiger partial charge in [0, 0.05) is 13.6 Å². The molecule has 0 unspecified atom stereocenters. The van der Waals surface area contributed by atoms with Gasteiger partial charge in [0.05, 0.1) is 4.92 Å². The minimum atomic E-state index is -0.503. The Hall–Kier alpha value is -2.70. The zero-order chi connectivity index (χ0) is 14.5. The molecule has 0 aliphatic carbocycles. The van der Waals surface area contributed by atoms with E-state index >= 15 is 0 Å². The Labute approximate surface area is 116 Å². The Kier molecular flexibility index (Phi) is 4.09. The molecule has 1 heterocycles. The molecule has 0 spiro atoms. The average molecular weight is 273 g/mol. The third-order valence-corrected chi connectivity index (χ3v) is 2.77. The second-order valence-electron chi connectivity index (χ2n) is 4.27. The van der Waals surface area contributed by atoms with Crippen molar-refractivity contribution < 1.29 is 4.92 Å². The van der Waals surface area contributed by atoms with Gasteiger partial charge in [-0.2, -0.15) is 4.98 Å². The molecule has 7 nitrogen and oxygen atoms in total. The predicted molar refractivity (Wildman–Crippen MR) is 76.7 cm³/mol. The molecular weight excluding hydrogens is 258 g/mol. The van der Waals surface area contributed by atoms with Gasteiger partial charge in [-0.3, -0.25) is 10.1 Å². The highest BCUT2D eigenvalue weighted by Crippen LogP contribution is 2.22. The molecule has 2 N–H and O–H groups in total. The van der Waals surface area contributed by atoms with Gasteiger partial charge in [0.15, 0.2) is 0 Å². The lowest BCUT2D eigenvalue weighted by atomic mass is 10.1. The van der Waals surface area contributed by atoms with Crippen molar-refractivity contribution in [3.63, 3.8) is 0 Å². The van der Waals surface area contributed by atoms with E-state index < -0.39 is 4.92 Å². The summed E-state index contributed by atoms with van der Waals surface area (Å²) in [4.78, 5) is 18.4. The number of nitrogens with one attached hydrogen (secondary N) is 2. The molecule has 0 radical (unpaired) electrons. The first kappa shape index (κ1) is 13.7. The molecule has 0 saturated heterocycles. The number of anilines is 2. The van der Waals surface area contributed by atoms with Crippen molar-refractivity contribution in [2.75, 3.05) is 17.7 Å². The van der Waals surface area contributed by atoms with Crippen LogP contribution in [0, 0.1) is 17.0 Å². The van der Waals surface area contributed by atoms with E-state index in [0.29, 0.717) is 12.5 Å². The maximum absolute atomic E-state index is 10.9. The summed E-state index contributed by atoms with van der Waals surface area (Å²) in [6, 6.07) is 7.91. The van der Waals surface area contributed by atoms with Crippen molar-refractivity contribution >= 4 is 17.5 Å². The molecular formula is C13H15N5O2. The molecule has 2 aromatic rings. The Morgan fingerprint density at radius 3 is 2.60 bits per heavy atom. The number of aryl methyl sites for hydroxylation is 1. The molecule has 20 heavy (non-hydrogen) atoms. The Morgan fingerprint density at radius 1 is 1.30 bits per heavy atom. The Balaban J connectivity index is 2.18. The summed E-state index contributed by atoms with van der Waals surface area (Å²) in [5.41, 5.74) is 2.05. The van der Waals surface area contributed by atoms with E-state index in [9.17, 15) is 10.1 Å². The van der Waals surface area contributed by atoms with E-state index in [2.05, 4.69) is 20.6 Å². The standard InChI is InChI=1S/C13H15N5O2/c1-9-3-5-10(6-4-9)7-15-12-11(18(19)20)8-16-13(14-2)17-12/h3-6,8H,7H2,1-2H3,(H2,14,15,16,17). The number of hydrogen-bond donors (Lipinski definition) is 2.